The van der Waals surface area contributed by atoms with E-state index in [-0.39, 0.29) is 41.6 Å². The zero-order chi connectivity index (χ0) is 29.5. The number of esters is 1. The fraction of sp³-hybridized carbons (Fsp3) is 0.452. The molecule has 2 amide bonds. The molecular weight excluding hydrogens is 628 g/mol. The molecule has 7 nitrogen and oxygen atoms in total. The van der Waals surface area contributed by atoms with Gasteiger partial charge in [-0.25, -0.2) is 0 Å². The van der Waals surface area contributed by atoms with Gasteiger partial charge >= 0.3 is 5.97 Å². The molecule has 10 heteroatoms. The number of carbonyl (C=O) groups excluding carboxylic acids is 3. The zero-order valence-electron chi connectivity index (χ0n) is 23.0. The Bertz CT molecular complexity index is 1320. The van der Waals surface area contributed by atoms with Crippen LogP contribution in [0.5, 0.6) is 0 Å². The lowest BCUT2D eigenvalue weighted by molar-refractivity contribution is -0.154. The molecule has 218 valence electrons. The van der Waals surface area contributed by atoms with Gasteiger partial charge in [0.15, 0.2) is 0 Å². The van der Waals surface area contributed by atoms with Gasteiger partial charge in [-0.05, 0) is 43.9 Å². The summed E-state index contributed by atoms with van der Waals surface area (Å²) in [5.74, 6) is -2.46. The molecule has 3 aliphatic heterocycles. The zero-order valence-corrected chi connectivity index (χ0v) is 26.2. The number of aryl methyl sites for hydroxylation is 1. The summed E-state index contributed by atoms with van der Waals surface area (Å²) in [6.45, 7) is 7.56. The Morgan fingerprint density at radius 1 is 1.29 bits per heavy atom. The third kappa shape index (κ3) is 5.02. The summed E-state index contributed by atoms with van der Waals surface area (Å²) in [6.07, 6.45) is 2.52. The molecule has 0 saturated carbocycles. The molecule has 1 N–H and O–H groups in total. The first kappa shape index (κ1) is 30.1. The van der Waals surface area contributed by atoms with Crippen molar-refractivity contribution < 1.29 is 24.2 Å². The number of alkyl halides is 1. The van der Waals surface area contributed by atoms with E-state index in [0.717, 1.165) is 11.1 Å². The Hall–Kier alpha value is -2.33. The average Bonchev–Trinajstić information content (AvgIpc) is 3.55. The lowest BCUT2D eigenvalue weighted by Crippen LogP contribution is -2.58. The average molecular weight is 662 g/mol. The monoisotopic (exact) mass is 660 g/mol. The Morgan fingerprint density at radius 3 is 2.66 bits per heavy atom. The van der Waals surface area contributed by atoms with Crippen molar-refractivity contribution in [3.8, 4) is 0 Å². The second-order valence-corrected chi connectivity index (χ2v) is 14.0. The first-order chi connectivity index (χ1) is 19.7. The molecule has 0 aliphatic carbocycles. The van der Waals surface area contributed by atoms with E-state index >= 15 is 0 Å². The van der Waals surface area contributed by atoms with Gasteiger partial charge in [-0.1, -0.05) is 76.1 Å². The van der Waals surface area contributed by atoms with E-state index in [4.69, 9.17) is 16.3 Å². The quantitative estimate of drug-likeness (QED) is 0.224. The van der Waals surface area contributed by atoms with E-state index in [1.165, 1.54) is 11.8 Å². The lowest BCUT2D eigenvalue weighted by Gasteiger charge is -2.40. The number of aliphatic hydroxyl groups excluding tert-OH is 1. The standard InChI is InChI=1S/C31H34BrClN2O5S/c1-4-14-34(25-18(3)10-9-13-22(25)33)29(38)27-31-16-21(32)26(41-31)23(30(39)40-5-2)24(31)28(37)35(27)20(17-36)15-19-11-7-6-8-12-19/h4,6-13,20-21,23-24,26-27,36H,1,5,14-17H2,2-3H3/t20-,21?,23-,24+,26-,27?,31?/m1/s1. The summed E-state index contributed by atoms with van der Waals surface area (Å²) in [7, 11) is 0. The lowest BCUT2D eigenvalue weighted by atomic mass is 9.71. The molecule has 5 rings (SSSR count). The highest BCUT2D eigenvalue weighted by atomic mass is 79.9. The van der Waals surface area contributed by atoms with Crippen molar-refractivity contribution in [3.05, 3.63) is 77.3 Å². The summed E-state index contributed by atoms with van der Waals surface area (Å²) in [5.41, 5.74) is 2.30. The van der Waals surface area contributed by atoms with Crippen LogP contribution < -0.4 is 4.90 Å². The van der Waals surface area contributed by atoms with Crippen LogP contribution in [0.25, 0.3) is 0 Å². The second kappa shape index (κ2) is 12.1. The van der Waals surface area contributed by atoms with Crippen LogP contribution in [-0.4, -0.2) is 74.5 Å². The van der Waals surface area contributed by atoms with Crippen molar-refractivity contribution in [1.82, 2.24) is 4.90 Å². The summed E-state index contributed by atoms with van der Waals surface area (Å²) in [5, 5.41) is 10.9. The summed E-state index contributed by atoms with van der Waals surface area (Å²) >= 11 is 12.0. The maximum atomic E-state index is 14.9. The number of halogens is 2. The van der Waals surface area contributed by atoms with Gasteiger partial charge in [0.05, 0.1) is 46.5 Å². The number of hydrogen-bond donors (Lipinski definition) is 1. The number of amides is 2. The minimum atomic E-state index is -0.939. The van der Waals surface area contributed by atoms with E-state index in [2.05, 4.69) is 22.5 Å². The molecule has 3 unspecified atom stereocenters. The van der Waals surface area contributed by atoms with Crippen molar-refractivity contribution in [3.63, 3.8) is 0 Å². The summed E-state index contributed by atoms with van der Waals surface area (Å²) in [6, 6.07) is 13.4. The SMILES string of the molecule is C=CCN(C(=O)C1N([C@@H](CO)Cc2ccccc2)C(=O)[C@@H]2[C@@H](C(=O)OCC)[C@@H]3SC12CC3Br)c1c(C)cccc1Cl. The normalized spacial score (nSPS) is 28.9. The first-order valence-electron chi connectivity index (χ1n) is 13.8. The predicted octanol–water partition coefficient (Wildman–Crippen LogP) is 4.80. The molecule has 2 aromatic rings. The molecule has 7 atom stereocenters. The first-order valence-corrected chi connectivity index (χ1v) is 16.0. The number of anilines is 1. The minimum absolute atomic E-state index is 0.0854. The maximum Gasteiger partial charge on any atom is 0.310 e. The topological polar surface area (TPSA) is 87.2 Å². The third-order valence-electron chi connectivity index (χ3n) is 8.47. The van der Waals surface area contributed by atoms with E-state index in [1.807, 2.05) is 49.4 Å². The minimum Gasteiger partial charge on any atom is -0.466 e. The Morgan fingerprint density at radius 2 is 2.02 bits per heavy atom. The highest BCUT2D eigenvalue weighted by Crippen LogP contribution is 2.68. The van der Waals surface area contributed by atoms with Crippen molar-refractivity contribution in [2.45, 2.75) is 53.6 Å². The van der Waals surface area contributed by atoms with Crippen molar-refractivity contribution >= 4 is 62.8 Å². The molecule has 0 aromatic heterocycles. The van der Waals surface area contributed by atoms with Gasteiger partial charge in [0, 0.05) is 16.6 Å². The van der Waals surface area contributed by atoms with Gasteiger partial charge in [-0.2, -0.15) is 0 Å². The third-order valence-corrected chi connectivity index (χ3v) is 12.0. The van der Waals surface area contributed by atoms with Crippen LogP contribution in [0.4, 0.5) is 5.69 Å². The largest absolute Gasteiger partial charge is 0.466 e. The van der Waals surface area contributed by atoms with Crippen molar-refractivity contribution in [2.75, 3.05) is 24.7 Å². The van der Waals surface area contributed by atoms with Crippen LogP contribution in [0.2, 0.25) is 5.02 Å². The number of para-hydroxylation sites is 1. The molecule has 3 aliphatic rings. The molecule has 3 saturated heterocycles. The molecule has 1 spiro atoms. The number of aliphatic hydroxyl groups is 1. The summed E-state index contributed by atoms with van der Waals surface area (Å²) < 4.78 is 4.58. The van der Waals surface area contributed by atoms with E-state index < -0.39 is 34.6 Å². The Balaban J connectivity index is 1.65. The van der Waals surface area contributed by atoms with Crippen LogP contribution in [0.15, 0.2) is 61.2 Å². The number of likely N-dealkylation sites (tertiary alicyclic amines) is 1. The highest BCUT2D eigenvalue weighted by Gasteiger charge is 2.76. The van der Waals surface area contributed by atoms with Gasteiger partial charge in [0.2, 0.25) is 5.91 Å². The van der Waals surface area contributed by atoms with Gasteiger partial charge in [-0.3, -0.25) is 14.4 Å². The molecule has 41 heavy (non-hydrogen) atoms. The molecule has 3 heterocycles. The molecule has 0 radical (unpaired) electrons. The number of rotatable bonds is 10. The number of benzene rings is 2. The Kier molecular flexibility index (Phi) is 8.90. The van der Waals surface area contributed by atoms with Gasteiger partial charge in [-0.15, -0.1) is 18.3 Å². The number of nitrogens with zero attached hydrogens (tertiary/aromatic N) is 2. The van der Waals surface area contributed by atoms with Gasteiger partial charge in [0.25, 0.3) is 5.91 Å². The second-order valence-electron chi connectivity index (χ2n) is 10.8. The Labute approximate surface area is 258 Å². The van der Waals surface area contributed by atoms with Crippen LogP contribution in [-0.2, 0) is 25.5 Å². The summed E-state index contributed by atoms with van der Waals surface area (Å²) in [4.78, 5) is 45.8. The molecular formula is C31H34BrClN2O5S. The number of fused-ring (bicyclic) bond motifs is 1. The number of hydrogen-bond acceptors (Lipinski definition) is 6. The van der Waals surface area contributed by atoms with Gasteiger partial charge in [0.1, 0.15) is 6.04 Å². The fourth-order valence-electron chi connectivity index (χ4n) is 6.92. The number of carbonyl (C=O) groups is 3. The van der Waals surface area contributed by atoms with E-state index in [1.54, 1.807) is 28.9 Å². The highest BCUT2D eigenvalue weighted by molar-refractivity contribution is 9.09. The maximum absolute atomic E-state index is 14.9. The number of thioether (sulfide) groups is 1. The van der Waals surface area contributed by atoms with E-state index in [9.17, 15) is 19.5 Å². The molecule has 2 bridgehead atoms. The van der Waals surface area contributed by atoms with Crippen LogP contribution in [0.3, 0.4) is 0 Å². The smallest absolute Gasteiger partial charge is 0.310 e. The van der Waals surface area contributed by atoms with Gasteiger partial charge < -0.3 is 19.6 Å². The van der Waals surface area contributed by atoms with Crippen LogP contribution >= 0.6 is 39.3 Å². The van der Waals surface area contributed by atoms with Crippen LogP contribution in [0, 0.1) is 18.8 Å². The van der Waals surface area contributed by atoms with E-state index in [0.29, 0.717) is 23.6 Å². The number of ether oxygens (including phenoxy) is 1. The predicted molar refractivity (Wildman–Crippen MR) is 165 cm³/mol. The fourth-order valence-corrected chi connectivity index (χ4v) is 10.8. The van der Waals surface area contributed by atoms with Crippen LogP contribution in [0.1, 0.15) is 24.5 Å². The molecule has 3 fully saturated rings. The van der Waals surface area contributed by atoms with Crippen molar-refractivity contribution in [1.29, 1.82) is 0 Å². The van der Waals surface area contributed by atoms with Crippen molar-refractivity contribution in [2.24, 2.45) is 11.8 Å². The molecule has 2 aromatic carbocycles.